The molecule has 0 aliphatic heterocycles. The highest BCUT2D eigenvalue weighted by molar-refractivity contribution is 7.12. The number of carboxylic acid groups (broad SMARTS) is 1. The van der Waals surface area contributed by atoms with E-state index in [-0.39, 0.29) is 11.3 Å². The molecule has 0 spiro atoms. The highest BCUT2D eigenvalue weighted by atomic mass is 35.5. The normalized spacial score (nSPS) is 10.1. The molecule has 0 aliphatic carbocycles. The van der Waals surface area contributed by atoms with Crippen LogP contribution in [0.2, 0.25) is 5.02 Å². The number of anilines is 1. The standard InChI is InChI=1S/C13H10ClNO4S/c1-19-7-2-3-10(8(6-7)13(17)18)15-12(16)11-9(14)4-5-20-11/h2-6H,1H3,(H,15,16)(H,17,18). The van der Waals surface area contributed by atoms with Crippen LogP contribution in [0.25, 0.3) is 0 Å². The summed E-state index contributed by atoms with van der Waals surface area (Å²) < 4.78 is 4.96. The van der Waals surface area contributed by atoms with E-state index in [0.717, 1.165) is 0 Å². The van der Waals surface area contributed by atoms with Crippen LogP contribution in [0.1, 0.15) is 20.0 Å². The third-order valence-corrected chi connectivity index (χ3v) is 3.87. The SMILES string of the molecule is COc1ccc(NC(=O)c2sccc2Cl)c(C(=O)O)c1. The number of methoxy groups -OCH3 is 1. The molecule has 0 aliphatic rings. The molecule has 1 aromatic heterocycles. The summed E-state index contributed by atoms with van der Waals surface area (Å²) in [6.07, 6.45) is 0. The summed E-state index contributed by atoms with van der Waals surface area (Å²) in [5.74, 6) is -1.20. The fourth-order valence-electron chi connectivity index (χ4n) is 1.57. The van der Waals surface area contributed by atoms with Crippen LogP contribution in [0.5, 0.6) is 5.75 Å². The minimum absolute atomic E-state index is 0.0506. The van der Waals surface area contributed by atoms with Crippen molar-refractivity contribution >= 4 is 40.5 Å². The molecular formula is C13H10ClNO4S. The van der Waals surface area contributed by atoms with Crippen LogP contribution in [0.3, 0.4) is 0 Å². The number of carbonyl (C=O) groups excluding carboxylic acids is 1. The minimum Gasteiger partial charge on any atom is -0.497 e. The minimum atomic E-state index is -1.16. The summed E-state index contributed by atoms with van der Waals surface area (Å²) in [4.78, 5) is 23.5. The average Bonchev–Trinajstić information content (AvgIpc) is 2.85. The Morgan fingerprint density at radius 1 is 1.35 bits per heavy atom. The molecule has 20 heavy (non-hydrogen) atoms. The molecule has 2 aromatic rings. The van der Waals surface area contributed by atoms with Crippen molar-refractivity contribution in [2.75, 3.05) is 12.4 Å². The molecule has 1 heterocycles. The van der Waals surface area contributed by atoms with Crippen molar-refractivity contribution in [3.8, 4) is 5.75 Å². The Balaban J connectivity index is 2.32. The predicted octanol–water partition coefficient (Wildman–Crippen LogP) is 3.36. The van der Waals surface area contributed by atoms with Gasteiger partial charge in [-0.05, 0) is 29.6 Å². The Hall–Kier alpha value is -2.05. The van der Waals surface area contributed by atoms with E-state index in [1.54, 1.807) is 17.5 Å². The summed E-state index contributed by atoms with van der Waals surface area (Å²) in [6.45, 7) is 0. The van der Waals surface area contributed by atoms with Gasteiger partial charge in [-0.15, -0.1) is 11.3 Å². The fraction of sp³-hybridized carbons (Fsp3) is 0.0769. The fourth-order valence-corrected chi connectivity index (χ4v) is 2.61. The molecule has 1 aromatic carbocycles. The van der Waals surface area contributed by atoms with E-state index in [9.17, 15) is 9.59 Å². The molecule has 2 rings (SSSR count). The number of ether oxygens (including phenoxy) is 1. The molecule has 7 heteroatoms. The van der Waals surface area contributed by atoms with Crippen LogP contribution in [0.15, 0.2) is 29.6 Å². The highest BCUT2D eigenvalue weighted by Gasteiger charge is 2.17. The van der Waals surface area contributed by atoms with E-state index in [2.05, 4.69) is 5.32 Å². The van der Waals surface area contributed by atoms with Crippen LogP contribution < -0.4 is 10.1 Å². The smallest absolute Gasteiger partial charge is 0.337 e. The highest BCUT2D eigenvalue weighted by Crippen LogP contribution is 2.26. The van der Waals surface area contributed by atoms with Crippen molar-refractivity contribution < 1.29 is 19.4 Å². The monoisotopic (exact) mass is 311 g/mol. The van der Waals surface area contributed by atoms with Gasteiger partial charge in [-0.25, -0.2) is 4.79 Å². The van der Waals surface area contributed by atoms with Gasteiger partial charge < -0.3 is 15.2 Å². The second kappa shape index (κ2) is 5.94. The molecule has 2 N–H and O–H groups in total. The van der Waals surface area contributed by atoms with Gasteiger partial charge in [0.15, 0.2) is 0 Å². The number of nitrogens with one attached hydrogen (secondary N) is 1. The first-order chi connectivity index (χ1) is 9.52. The average molecular weight is 312 g/mol. The van der Waals surface area contributed by atoms with Gasteiger partial charge in [0.05, 0.1) is 23.4 Å². The van der Waals surface area contributed by atoms with Crippen LogP contribution in [-0.2, 0) is 0 Å². The van der Waals surface area contributed by atoms with Crippen molar-refractivity contribution in [1.82, 2.24) is 0 Å². The van der Waals surface area contributed by atoms with E-state index in [4.69, 9.17) is 21.4 Å². The van der Waals surface area contributed by atoms with Gasteiger partial charge in [0.1, 0.15) is 10.6 Å². The zero-order valence-corrected chi connectivity index (χ0v) is 11.9. The number of amides is 1. The zero-order chi connectivity index (χ0) is 14.7. The van der Waals surface area contributed by atoms with E-state index < -0.39 is 11.9 Å². The van der Waals surface area contributed by atoms with Gasteiger partial charge in [0.2, 0.25) is 0 Å². The van der Waals surface area contributed by atoms with Gasteiger partial charge in [-0.2, -0.15) is 0 Å². The Morgan fingerprint density at radius 2 is 2.10 bits per heavy atom. The molecule has 104 valence electrons. The number of thiophene rings is 1. The van der Waals surface area contributed by atoms with E-state index >= 15 is 0 Å². The molecule has 0 radical (unpaired) electrons. The summed E-state index contributed by atoms with van der Waals surface area (Å²) in [5.41, 5.74) is 0.137. The third-order valence-electron chi connectivity index (χ3n) is 2.53. The van der Waals surface area contributed by atoms with E-state index in [1.165, 1.54) is 30.6 Å². The van der Waals surface area contributed by atoms with Gasteiger partial charge in [0.25, 0.3) is 5.91 Å². The number of rotatable bonds is 4. The van der Waals surface area contributed by atoms with E-state index in [0.29, 0.717) is 15.6 Å². The maximum atomic E-state index is 12.0. The topological polar surface area (TPSA) is 75.6 Å². The first-order valence-corrected chi connectivity index (χ1v) is 6.74. The second-order valence-electron chi connectivity index (χ2n) is 3.77. The van der Waals surface area contributed by atoms with Crippen molar-refractivity contribution in [3.05, 3.63) is 45.1 Å². The third kappa shape index (κ3) is 2.92. The molecule has 0 fully saturated rings. The zero-order valence-electron chi connectivity index (χ0n) is 10.3. The van der Waals surface area contributed by atoms with Gasteiger partial charge >= 0.3 is 5.97 Å². The summed E-state index contributed by atoms with van der Waals surface area (Å²) in [6, 6.07) is 5.99. The Kier molecular flexibility index (Phi) is 4.26. The van der Waals surface area contributed by atoms with Gasteiger partial charge in [-0.3, -0.25) is 4.79 Å². The van der Waals surface area contributed by atoms with Crippen LogP contribution in [0, 0.1) is 0 Å². The van der Waals surface area contributed by atoms with Crippen LogP contribution in [-0.4, -0.2) is 24.1 Å². The molecular weight excluding hydrogens is 302 g/mol. The number of aromatic carboxylic acids is 1. The number of carbonyl (C=O) groups is 2. The van der Waals surface area contributed by atoms with Crippen LogP contribution in [0.4, 0.5) is 5.69 Å². The Labute approximate surface area is 123 Å². The Bertz CT molecular complexity index is 668. The summed E-state index contributed by atoms with van der Waals surface area (Å²) in [5, 5.41) is 13.7. The maximum Gasteiger partial charge on any atom is 0.337 e. The molecule has 0 bridgehead atoms. The molecule has 5 nitrogen and oxygen atoms in total. The number of hydrogen-bond acceptors (Lipinski definition) is 4. The number of carboxylic acids is 1. The van der Waals surface area contributed by atoms with Crippen LogP contribution >= 0.6 is 22.9 Å². The van der Waals surface area contributed by atoms with Crippen molar-refractivity contribution in [3.63, 3.8) is 0 Å². The molecule has 0 saturated carbocycles. The lowest BCUT2D eigenvalue weighted by Gasteiger charge is -2.09. The number of hydrogen-bond donors (Lipinski definition) is 2. The van der Waals surface area contributed by atoms with Gasteiger partial charge in [0, 0.05) is 0 Å². The first kappa shape index (κ1) is 14.4. The lowest BCUT2D eigenvalue weighted by Crippen LogP contribution is -2.14. The lowest BCUT2D eigenvalue weighted by atomic mass is 10.1. The molecule has 0 saturated heterocycles. The number of halogens is 1. The number of benzene rings is 1. The quantitative estimate of drug-likeness (QED) is 0.907. The van der Waals surface area contributed by atoms with Crippen molar-refractivity contribution in [1.29, 1.82) is 0 Å². The summed E-state index contributed by atoms with van der Waals surface area (Å²) >= 11 is 7.05. The summed E-state index contributed by atoms with van der Waals surface area (Å²) in [7, 11) is 1.44. The van der Waals surface area contributed by atoms with E-state index in [1.807, 2.05) is 0 Å². The largest absolute Gasteiger partial charge is 0.497 e. The van der Waals surface area contributed by atoms with Crippen molar-refractivity contribution in [2.45, 2.75) is 0 Å². The first-order valence-electron chi connectivity index (χ1n) is 5.48. The molecule has 0 unspecified atom stereocenters. The second-order valence-corrected chi connectivity index (χ2v) is 5.09. The molecule has 1 amide bonds. The molecule has 0 atom stereocenters. The lowest BCUT2D eigenvalue weighted by molar-refractivity contribution is 0.0697. The van der Waals surface area contributed by atoms with Gasteiger partial charge in [-0.1, -0.05) is 11.6 Å². The predicted molar refractivity (Wildman–Crippen MR) is 77.2 cm³/mol. The maximum absolute atomic E-state index is 12.0. The van der Waals surface area contributed by atoms with Crippen molar-refractivity contribution in [2.24, 2.45) is 0 Å². The Morgan fingerprint density at radius 3 is 2.65 bits per heavy atom.